The van der Waals surface area contributed by atoms with Gasteiger partial charge in [-0.3, -0.25) is 4.79 Å². The Morgan fingerprint density at radius 3 is 2.69 bits per heavy atom. The van der Waals surface area contributed by atoms with Crippen molar-refractivity contribution in [1.82, 2.24) is 0 Å². The highest BCUT2D eigenvalue weighted by molar-refractivity contribution is 9.10. The van der Waals surface area contributed by atoms with E-state index in [9.17, 15) is 9.90 Å². The highest BCUT2D eigenvalue weighted by Crippen LogP contribution is 2.66. The summed E-state index contributed by atoms with van der Waals surface area (Å²) >= 11 is 3.46. The molecule has 3 rings (SSSR count). The van der Waals surface area contributed by atoms with Gasteiger partial charge in [0.15, 0.2) is 0 Å². The Morgan fingerprint density at radius 1 is 1.44 bits per heavy atom. The van der Waals surface area contributed by atoms with Crippen LogP contribution in [0.1, 0.15) is 24.8 Å². The summed E-state index contributed by atoms with van der Waals surface area (Å²) in [6.07, 6.45) is 3.20. The van der Waals surface area contributed by atoms with Crippen LogP contribution in [0.25, 0.3) is 0 Å². The molecule has 2 aliphatic rings. The number of halogens is 1. The average Bonchev–Trinajstić information content (AvgIpc) is 3.11. The number of rotatable bonds is 3. The smallest absolute Gasteiger partial charge is 0.307 e. The van der Waals surface area contributed by atoms with Gasteiger partial charge in [-0.1, -0.05) is 28.1 Å². The summed E-state index contributed by atoms with van der Waals surface area (Å²) < 4.78 is 1.04. The predicted octanol–water partition coefficient (Wildman–Crippen LogP) is 3.20. The number of carboxylic acid groups (broad SMARTS) is 1. The van der Waals surface area contributed by atoms with Crippen molar-refractivity contribution in [2.45, 2.75) is 24.7 Å². The van der Waals surface area contributed by atoms with Crippen LogP contribution in [0.15, 0.2) is 28.7 Å². The van der Waals surface area contributed by atoms with Gasteiger partial charge in [-0.15, -0.1) is 0 Å². The third kappa shape index (κ3) is 1.41. The topological polar surface area (TPSA) is 37.3 Å². The quantitative estimate of drug-likeness (QED) is 0.923. The largest absolute Gasteiger partial charge is 0.481 e. The molecule has 1 aromatic carbocycles. The monoisotopic (exact) mass is 280 g/mol. The van der Waals surface area contributed by atoms with Gasteiger partial charge >= 0.3 is 5.97 Å². The lowest BCUT2D eigenvalue weighted by molar-refractivity contribution is -0.139. The van der Waals surface area contributed by atoms with Crippen LogP contribution in [0.5, 0.6) is 0 Å². The zero-order chi connectivity index (χ0) is 11.3. The molecule has 0 saturated heterocycles. The number of carbonyl (C=O) groups is 1. The Morgan fingerprint density at radius 2 is 2.19 bits per heavy atom. The molecule has 2 fully saturated rings. The van der Waals surface area contributed by atoms with Crippen molar-refractivity contribution in [2.75, 3.05) is 0 Å². The van der Waals surface area contributed by atoms with Crippen molar-refractivity contribution in [2.24, 2.45) is 11.8 Å². The summed E-state index contributed by atoms with van der Waals surface area (Å²) in [5, 5.41) is 9.18. The minimum absolute atomic E-state index is 0.0460. The van der Waals surface area contributed by atoms with Gasteiger partial charge < -0.3 is 5.11 Å². The summed E-state index contributed by atoms with van der Waals surface area (Å²) in [6, 6.07) is 8.15. The van der Waals surface area contributed by atoms with Crippen LogP contribution in [-0.4, -0.2) is 11.1 Å². The van der Waals surface area contributed by atoms with Gasteiger partial charge in [0.2, 0.25) is 0 Å². The van der Waals surface area contributed by atoms with Crippen LogP contribution in [0.3, 0.4) is 0 Å². The maximum atomic E-state index is 11.2. The molecule has 2 nitrogen and oxygen atoms in total. The Balaban J connectivity index is 1.99. The van der Waals surface area contributed by atoms with Gasteiger partial charge in [0.05, 0.1) is 5.92 Å². The van der Waals surface area contributed by atoms with Crippen LogP contribution in [0.4, 0.5) is 0 Å². The third-order valence-corrected chi connectivity index (χ3v) is 4.46. The first-order valence-electron chi connectivity index (χ1n) is 5.63. The molecule has 0 bridgehead atoms. The molecule has 2 saturated carbocycles. The highest BCUT2D eigenvalue weighted by atomic mass is 79.9. The molecule has 1 unspecified atom stereocenters. The lowest BCUT2D eigenvalue weighted by Crippen LogP contribution is -2.17. The van der Waals surface area contributed by atoms with E-state index in [2.05, 4.69) is 28.1 Å². The molecule has 0 spiro atoms. The second-order valence-electron chi connectivity index (χ2n) is 4.92. The van der Waals surface area contributed by atoms with Crippen molar-refractivity contribution in [3.63, 3.8) is 0 Å². The van der Waals surface area contributed by atoms with E-state index in [1.165, 1.54) is 18.4 Å². The number of hydrogen-bond donors (Lipinski definition) is 1. The van der Waals surface area contributed by atoms with Crippen LogP contribution >= 0.6 is 15.9 Å². The Hall–Kier alpha value is -0.830. The molecule has 1 N–H and O–H groups in total. The fraction of sp³-hybridized carbons (Fsp3) is 0.462. The van der Waals surface area contributed by atoms with Gasteiger partial charge in [0, 0.05) is 9.89 Å². The first kappa shape index (κ1) is 10.3. The predicted molar refractivity (Wildman–Crippen MR) is 64.3 cm³/mol. The van der Waals surface area contributed by atoms with Crippen molar-refractivity contribution in [3.8, 4) is 0 Å². The standard InChI is InChI=1S/C13H13BrO2/c14-10-3-1-2-9(6-10)13(8-4-5-8)7-11(13)12(15)16/h1-3,6,8,11H,4-5,7H2,(H,15,16)/t11-,13?/m0/s1. The molecule has 84 valence electrons. The fourth-order valence-corrected chi connectivity index (χ4v) is 3.37. The summed E-state index contributed by atoms with van der Waals surface area (Å²) in [5.74, 6) is -0.191. The second kappa shape index (κ2) is 3.33. The van der Waals surface area contributed by atoms with E-state index in [1.54, 1.807) is 0 Å². The molecule has 0 amide bonds. The van der Waals surface area contributed by atoms with E-state index in [4.69, 9.17) is 0 Å². The Kier molecular flexibility index (Phi) is 2.15. The van der Waals surface area contributed by atoms with Gasteiger partial charge in [0.1, 0.15) is 0 Å². The van der Waals surface area contributed by atoms with Crippen LogP contribution in [0.2, 0.25) is 0 Å². The Bertz CT molecular complexity index is 453. The molecule has 1 aromatic rings. The molecule has 0 radical (unpaired) electrons. The van der Waals surface area contributed by atoms with E-state index in [0.717, 1.165) is 10.9 Å². The second-order valence-corrected chi connectivity index (χ2v) is 5.84. The van der Waals surface area contributed by atoms with Gasteiger partial charge in [0.25, 0.3) is 0 Å². The average molecular weight is 281 g/mol. The van der Waals surface area contributed by atoms with Crippen molar-refractivity contribution in [1.29, 1.82) is 0 Å². The lowest BCUT2D eigenvalue weighted by atomic mass is 9.88. The van der Waals surface area contributed by atoms with Gasteiger partial charge in [-0.2, -0.15) is 0 Å². The summed E-state index contributed by atoms with van der Waals surface area (Å²) in [5.41, 5.74) is 1.16. The summed E-state index contributed by atoms with van der Waals surface area (Å²) in [4.78, 5) is 11.2. The van der Waals surface area contributed by atoms with Crippen LogP contribution in [-0.2, 0) is 10.2 Å². The maximum Gasteiger partial charge on any atom is 0.307 e. The first-order chi connectivity index (χ1) is 7.64. The lowest BCUT2D eigenvalue weighted by Gasteiger charge is -2.16. The van der Waals surface area contributed by atoms with E-state index in [1.807, 2.05) is 12.1 Å². The Labute approximate surface area is 103 Å². The number of carboxylic acids is 1. The molecule has 0 heterocycles. The normalized spacial score (nSPS) is 32.4. The van der Waals surface area contributed by atoms with Crippen LogP contribution < -0.4 is 0 Å². The molecule has 0 aliphatic heterocycles. The summed E-state index contributed by atoms with van der Waals surface area (Å²) in [7, 11) is 0. The minimum atomic E-state index is -0.633. The summed E-state index contributed by atoms with van der Waals surface area (Å²) in [6.45, 7) is 0. The van der Waals surface area contributed by atoms with Crippen molar-refractivity contribution >= 4 is 21.9 Å². The van der Waals surface area contributed by atoms with E-state index >= 15 is 0 Å². The van der Waals surface area contributed by atoms with Gasteiger partial charge in [-0.05, 0) is 42.9 Å². The third-order valence-electron chi connectivity index (χ3n) is 3.97. The molecule has 2 aliphatic carbocycles. The number of benzene rings is 1. The molecule has 2 atom stereocenters. The van der Waals surface area contributed by atoms with E-state index in [0.29, 0.717) is 5.92 Å². The number of hydrogen-bond acceptors (Lipinski definition) is 1. The number of aliphatic carboxylic acids is 1. The van der Waals surface area contributed by atoms with Crippen molar-refractivity contribution in [3.05, 3.63) is 34.3 Å². The molecule has 0 aromatic heterocycles. The molecule has 16 heavy (non-hydrogen) atoms. The SMILES string of the molecule is O=C(O)[C@@H]1CC1(c1cccc(Br)c1)C1CC1. The highest BCUT2D eigenvalue weighted by Gasteiger charge is 2.66. The maximum absolute atomic E-state index is 11.2. The zero-order valence-electron chi connectivity index (χ0n) is 8.82. The zero-order valence-corrected chi connectivity index (χ0v) is 10.4. The minimum Gasteiger partial charge on any atom is -0.481 e. The van der Waals surface area contributed by atoms with Crippen molar-refractivity contribution < 1.29 is 9.90 Å². The molecule has 3 heteroatoms. The van der Waals surface area contributed by atoms with E-state index < -0.39 is 5.97 Å². The fourth-order valence-electron chi connectivity index (χ4n) is 2.97. The molecular formula is C13H13BrO2. The first-order valence-corrected chi connectivity index (χ1v) is 6.43. The van der Waals surface area contributed by atoms with E-state index in [-0.39, 0.29) is 11.3 Å². The van der Waals surface area contributed by atoms with Crippen LogP contribution in [0, 0.1) is 11.8 Å². The van der Waals surface area contributed by atoms with Gasteiger partial charge in [-0.25, -0.2) is 0 Å². The molecular weight excluding hydrogens is 268 g/mol.